The molecule has 3 nitrogen and oxygen atoms in total. The van der Waals surface area contributed by atoms with Crippen LogP contribution in [0.1, 0.15) is 26.2 Å². The van der Waals surface area contributed by atoms with Crippen LogP contribution < -0.4 is 11.1 Å². The highest BCUT2D eigenvalue weighted by atomic mass is 16.5. The van der Waals surface area contributed by atoms with Crippen LogP contribution in [0.3, 0.4) is 0 Å². The molecule has 0 aromatic carbocycles. The fourth-order valence-electron chi connectivity index (χ4n) is 1.85. The van der Waals surface area contributed by atoms with Crippen molar-refractivity contribution in [2.45, 2.75) is 26.2 Å². The molecule has 1 rings (SSSR count). The Morgan fingerprint density at radius 2 is 2.43 bits per heavy atom. The largest absolute Gasteiger partial charge is 0.381 e. The zero-order valence-electron chi connectivity index (χ0n) is 9.30. The van der Waals surface area contributed by atoms with Gasteiger partial charge in [0.2, 0.25) is 0 Å². The molecule has 14 heavy (non-hydrogen) atoms. The Morgan fingerprint density at radius 1 is 1.57 bits per heavy atom. The second-order valence-corrected chi connectivity index (χ2v) is 4.42. The fraction of sp³-hybridized carbons (Fsp3) is 1.00. The number of hydrogen-bond acceptors (Lipinski definition) is 3. The summed E-state index contributed by atoms with van der Waals surface area (Å²) in [6.07, 6.45) is 3.62. The standard InChI is InChI=1S/C11H24N2O/c1-10(3-2-5-12)7-13-8-11-4-6-14-9-11/h10-11,13H,2-9,12H2,1H3. The molecular formula is C11H24N2O. The van der Waals surface area contributed by atoms with E-state index in [0.717, 1.165) is 51.1 Å². The summed E-state index contributed by atoms with van der Waals surface area (Å²) in [6, 6.07) is 0. The predicted octanol–water partition coefficient (Wildman–Crippen LogP) is 0.987. The maximum atomic E-state index is 5.47. The molecule has 0 bridgehead atoms. The molecule has 0 aromatic rings. The van der Waals surface area contributed by atoms with E-state index in [-0.39, 0.29) is 0 Å². The van der Waals surface area contributed by atoms with Gasteiger partial charge in [-0.2, -0.15) is 0 Å². The molecule has 0 saturated carbocycles. The summed E-state index contributed by atoms with van der Waals surface area (Å²) < 4.78 is 5.32. The van der Waals surface area contributed by atoms with Crippen LogP contribution in [0.2, 0.25) is 0 Å². The molecule has 3 N–H and O–H groups in total. The van der Waals surface area contributed by atoms with E-state index in [4.69, 9.17) is 10.5 Å². The van der Waals surface area contributed by atoms with Crippen molar-refractivity contribution in [2.24, 2.45) is 17.6 Å². The predicted molar refractivity (Wildman–Crippen MR) is 59.2 cm³/mol. The van der Waals surface area contributed by atoms with Crippen molar-refractivity contribution < 1.29 is 4.74 Å². The molecule has 0 aromatic heterocycles. The third-order valence-electron chi connectivity index (χ3n) is 2.85. The van der Waals surface area contributed by atoms with Gasteiger partial charge in [-0.1, -0.05) is 6.92 Å². The molecule has 1 aliphatic heterocycles. The van der Waals surface area contributed by atoms with Crippen molar-refractivity contribution in [3.8, 4) is 0 Å². The van der Waals surface area contributed by atoms with E-state index in [9.17, 15) is 0 Å². The van der Waals surface area contributed by atoms with Gasteiger partial charge in [-0.3, -0.25) is 0 Å². The van der Waals surface area contributed by atoms with Gasteiger partial charge in [-0.25, -0.2) is 0 Å². The van der Waals surface area contributed by atoms with Crippen LogP contribution in [0.5, 0.6) is 0 Å². The van der Waals surface area contributed by atoms with Crippen molar-refractivity contribution >= 4 is 0 Å². The SMILES string of the molecule is CC(CCCN)CNCC1CCOC1. The van der Waals surface area contributed by atoms with E-state index in [1.165, 1.54) is 12.8 Å². The van der Waals surface area contributed by atoms with Crippen LogP contribution in [0, 0.1) is 11.8 Å². The van der Waals surface area contributed by atoms with Crippen LogP contribution in [-0.4, -0.2) is 32.8 Å². The maximum absolute atomic E-state index is 5.47. The van der Waals surface area contributed by atoms with E-state index in [1.807, 2.05) is 0 Å². The van der Waals surface area contributed by atoms with E-state index in [2.05, 4.69) is 12.2 Å². The Kier molecular flexibility index (Phi) is 6.15. The zero-order valence-corrected chi connectivity index (χ0v) is 9.30. The molecule has 0 amide bonds. The third kappa shape index (κ3) is 4.94. The zero-order chi connectivity index (χ0) is 10.2. The molecule has 1 fully saturated rings. The van der Waals surface area contributed by atoms with Gasteiger partial charge in [0.25, 0.3) is 0 Å². The molecule has 3 heteroatoms. The van der Waals surface area contributed by atoms with Crippen LogP contribution in [0.25, 0.3) is 0 Å². The summed E-state index contributed by atoms with van der Waals surface area (Å²) in [4.78, 5) is 0. The first-order valence-electron chi connectivity index (χ1n) is 5.81. The van der Waals surface area contributed by atoms with Crippen LogP contribution in [0.15, 0.2) is 0 Å². The van der Waals surface area contributed by atoms with Gasteiger partial charge in [0.1, 0.15) is 0 Å². The Morgan fingerprint density at radius 3 is 3.07 bits per heavy atom. The number of hydrogen-bond donors (Lipinski definition) is 2. The molecule has 1 heterocycles. The molecule has 2 unspecified atom stereocenters. The summed E-state index contributed by atoms with van der Waals surface area (Å²) in [5.74, 6) is 1.50. The van der Waals surface area contributed by atoms with Crippen molar-refractivity contribution in [3.05, 3.63) is 0 Å². The molecule has 2 atom stereocenters. The second kappa shape index (κ2) is 7.21. The number of ether oxygens (including phenoxy) is 1. The maximum Gasteiger partial charge on any atom is 0.0507 e. The molecule has 1 saturated heterocycles. The van der Waals surface area contributed by atoms with Gasteiger partial charge in [0.15, 0.2) is 0 Å². The van der Waals surface area contributed by atoms with Gasteiger partial charge < -0.3 is 15.8 Å². The fourth-order valence-corrected chi connectivity index (χ4v) is 1.85. The van der Waals surface area contributed by atoms with Gasteiger partial charge >= 0.3 is 0 Å². The van der Waals surface area contributed by atoms with Crippen molar-refractivity contribution in [1.29, 1.82) is 0 Å². The lowest BCUT2D eigenvalue weighted by molar-refractivity contribution is 0.185. The van der Waals surface area contributed by atoms with Crippen molar-refractivity contribution in [1.82, 2.24) is 5.32 Å². The highest BCUT2D eigenvalue weighted by Crippen LogP contribution is 2.11. The van der Waals surface area contributed by atoms with Gasteiger partial charge in [0.05, 0.1) is 6.61 Å². The summed E-state index contributed by atoms with van der Waals surface area (Å²) >= 11 is 0. The average Bonchev–Trinajstić information content (AvgIpc) is 2.67. The van der Waals surface area contributed by atoms with Crippen LogP contribution in [-0.2, 0) is 4.74 Å². The summed E-state index contributed by atoms with van der Waals surface area (Å²) in [6.45, 7) is 7.25. The lowest BCUT2D eigenvalue weighted by Crippen LogP contribution is -2.27. The third-order valence-corrected chi connectivity index (χ3v) is 2.85. The van der Waals surface area contributed by atoms with E-state index < -0.39 is 0 Å². The van der Waals surface area contributed by atoms with E-state index in [1.54, 1.807) is 0 Å². The quantitative estimate of drug-likeness (QED) is 0.644. The van der Waals surface area contributed by atoms with Gasteiger partial charge in [-0.05, 0) is 44.2 Å². The van der Waals surface area contributed by atoms with E-state index in [0.29, 0.717) is 0 Å². The van der Waals surface area contributed by atoms with E-state index >= 15 is 0 Å². The Hall–Kier alpha value is -0.120. The molecule has 84 valence electrons. The second-order valence-electron chi connectivity index (χ2n) is 4.42. The highest BCUT2D eigenvalue weighted by molar-refractivity contribution is 4.67. The monoisotopic (exact) mass is 200 g/mol. The lowest BCUT2D eigenvalue weighted by Gasteiger charge is -2.14. The summed E-state index contributed by atoms with van der Waals surface area (Å²) in [5.41, 5.74) is 5.47. The summed E-state index contributed by atoms with van der Waals surface area (Å²) in [7, 11) is 0. The Balaban J connectivity index is 1.91. The Bertz CT molecular complexity index is 135. The number of nitrogens with one attached hydrogen (secondary N) is 1. The minimum atomic E-state index is 0.747. The van der Waals surface area contributed by atoms with Crippen LogP contribution >= 0.6 is 0 Å². The smallest absolute Gasteiger partial charge is 0.0507 e. The molecule has 0 aliphatic carbocycles. The van der Waals surface area contributed by atoms with Gasteiger partial charge in [0, 0.05) is 13.2 Å². The first kappa shape index (κ1) is 12.0. The molecular weight excluding hydrogens is 176 g/mol. The number of nitrogens with two attached hydrogens (primary N) is 1. The molecule has 1 aliphatic rings. The highest BCUT2D eigenvalue weighted by Gasteiger charge is 2.14. The minimum Gasteiger partial charge on any atom is -0.381 e. The van der Waals surface area contributed by atoms with Gasteiger partial charge in [-0.15, -0.1) is 0 Å². The van der Waals surface area contributed by atoms with Crippen molar-refractivity contribution in [3.63, 3.8) is 0 Å². The topological polar surface area (TPSA) is 47.3 Å². The normalized spacial score (nSPS) is 24.0. The first-order valence-corrected chi connectivity index (χ1v) is 5.81. The Labute approximate surface area is 87.4 Å². The molecule has 0 spiro atoms. The minimum absolute atomic E-state index is 0.747. The lowest BCUT2D eigenvalue weighted by atomic mass is 10.0. The molecule has 0 radical (unpaired) electrons. The van der Waals surface area contributed by atoms with Crippen LogP contribution in [0.4, 0.5) is 0 Å². The first-order chi connectivity index (χ1) is 6.83. The summed E-state index contributed by atoms with van der Waals surface area (Å²) in [5, 5.41) is 3.52. The number of rotatable bonds is 7. The van der Waals surface area contributed by atoms with Crippen molar-refractivity contribution in [2.75, 3.05) is 32.8 Å². The average molecular weight is 200 g/mol.